The molecule has 0 aliphatic carbocycles. The zero-order valence-corrected chi connectivity index (χ0v) is 12.1. The highest BCUT2D eigenvalue weighted by atomic mass is 79.9. The Labute approximate surface area is 107 Å². The molecular weight excluding hydrogens is 264 g/mol. The van der Waals surface area contributed by atoms with Crippen LogP contribution in [0.1, 0.15) is 32.8 Å². The average Bonchev–Trinajstić information content (AvgIpc) is 2.26. The number of rotatable bonds is 4. The first-order chi connectivity index (χ1) is 7.51. The minimum absolute atomic E-state index is 0.546. The van der Waals surface area contributed by atoms with Crippen molar-refractivity contribution in [3.63, 3.8) is 0 Å². The normalized spacial score (nSPS) is 12.6. The summed E-state index contributed by atoms with van der Waals surface area (Å²) < 4.78 is 1.08. The predicted octanol–water partition coefficient (Wildman–Crippen LogP) is 3.96. The van der Waals surface area contributed by atoms with E-state index in [0.717, 1.165) is 28.7 Å². The highest BCUT2D eigenvalue weighted by Crippen LogP contribution is 2.32. The molecule has 2 N–H and O–H groups in total. The number of halogens is 1. The van der Waals surface area contributed by atoms with Crippen LogP contribution in [0.15, 0.2) is 16.6 Å². The van der Waals surface area contributed by atoms with Crippen LogP contribution in [0.4, 0.5) is 11.4 Å². The van der Waals surface area contributed by atoms with Gasteiger partial charge in [-0.3, -0.25) is 0 Å². The molecule has 1 unspecified atom stereocenters. The number of nitrogens with zero attached hydrogens (tertiary/aromatic N) is 1. The Kier molecular flexibility index (Phi) is 4.66. The van der Waals surface area contributed by atoms with Crippen molar-refractivity contribution in [2.24, 2.45) is 0 Å². The topological polar surface area (TPSA) is 29.3 Å². The molecule has 0 aromatic heterocycles. The minimum atomic E-state index is 0.546. The molecule has 0 aliphatic rings. The monoisotopic (exact) mass is 284 g/mol. The lowest BCUT2D eigenvalue weighted by molar-refractivity contribution is 0.629. The zero-order chi connectivity index (χ0) is 12.3. The third-order valence-electron chi connectivity index (χ3n) is 3.11. The van der Waals surface area contributed by atoms with Crippen LogP contribution in [-0.2, 0) is 0 Å². The Morgan fingerprint density at radius 2 is 2.00 bits per heavy atom. The number of nitrogens with two attached hydrogens (primary N) is 1. The Balaban J connectivity index is 3.15. The van der Waals surface area contributed by atoms with Gasteiger partial charge in [-0.2, -0.15) is 0 Å². The first-order valence-corrected chi connectivity index (χ1v) is 6.62. The van der Waals surface area contributed by atoms with Gasteiger partial charge in [0, 0.05) is 22.7 Å². The molecule has 0 bridgehead atoms. The SMILES string of the molecule is CCC(C)N(CC)c1cc(C)c(N)cc1Br. The van der Waals surface area contributed by atoms with Crippen molar-refractivity contribution in [1.82, 2.24) is 0 Å². The van der Waals surface area contributed by atoms with Crippen molar-refractivity contribution in [3.05, 3.63) is 22.2 Å². The average molecular weight is 285 g/mol. The fourth-order valence-electron chi connectivity index (χ4n) is 1.84. The van der Waals surface area contributed by atoms with Crippen LogP contribution in [0.25, 0.3) is 0 Å². The van der Waals surface area contributed by atoms with Gasteiger partial charge in [-0.25, -0.2) is 0 Å². The molecule has 0 saturated carbocycles. The minimum Gasteiger partial charge on any atom is -0.398 e. The molecule has 0 radical (unpaired) electrons. The van der Waals surface area contributed by atoms with E-state index in [-0.39, 0.29) is 0 Å². The lowest BCUT2D eigenvalue weighted by Crippen LogP contribution is -2.32. The Bertz CT molecular complexity index is 363. The highest BCUT2D eigenvalue weighted by molar-refractivity contribution is 9.10. The van der Waals surface area contributed by atoms with Crippen LogP contribution in [0.3, 0.4) is 0 Å². The van der Waals surface area contributed by atoms with Gasteiger partial charge in [-0.15, -0.1) is 0 Å². The summed E-state index contributed by atoms with van der Waals surface area (Å²) in [6.45, 7) is 9.71. The molecule has 3 heteroatoms. The first kappa shape index (κ1) is 13.4. The maximum atomic E-state index is 5.89. The lowest BCUT2D eigenvalue weighted by Gasteiger charge is -2.31. The Hall–Kier alpha value is -0.700. The summed E-state index contributed by atoms with van der Waals surface area (Å²) in [6, 6.07) is 4.70. The summed E-state index contributed by atoms with van der Waals surface area (Å²) in [6.07, 6.45) is 1.14. The fraction of sp³-hybridized carbons (Fsp3) is 0.538. The number of aryl methyl sites for hydroxylation is 1. The molecule has 0 heterocycles. The molecular formula is C13H21BrN2. The zero-order valence-electron chi connectivity index (χ0n) is 10.5. The van der Waals surface area contributed by atoms with Gasteiger partial charge in [0.05, 0.1) is 5.69 Å². The fourth-order valence-corrected chi connectivity index (χ4v) is 2.43. The highest BCUT2D eigenvalue weighted by Gasteiger charge is 2.14. The summed E-state index contributed by atoms with van der Waals surface area (Å²) in [5.74, 6) is 0. The van der Waals surface area contributed by atoms with Gasteiger partial charge in [0.15, 0.2) is 0 Å². The van der Waals surface area contributed by atoms with Gasteiger partial charge in [-0.05, 0) is 60.8 Å². The van der Waals surface area contributed by atoms with Crippen LogP contribution < -0.4 is 10.6 Å². The number of benzene rings is 1. The van der Waals surface area contributed by atoms with E-state index in [2.05, 4.69) is 54.6 Å². The van der Waals surface area contributed by atoms with E-state index in [1.54, 1.807) is 0 Å². The molecule has 2 nitrogen and oxygen atoms in total. The van der Waals surface area contributed by atoms with E-state index in [9.17, 15) is 0 Å². The van der Waals surface area contributed by atoms with Crippen molar-refractivity contribution < 1.29 is 0 Å². The second kappa shape index (κ2) is 5.58. The predicted molar refractivity (Wildman–Crippen MR) is 76.1 cm³/mol. The van der Waals surface area contributed by atoms with Crippen LogP contribution in [0.5, 0.6) is 0 Å². The van der Waals surface area contributed by atoms with Crippen LogP contribution in [0.2, 0.25) is 0 Å². The standard InChI is InChI=1S/C13H21BrN2/c1-5-10(4)16(6-2)13-7-9(3)12(15)8-11(13)14/h7-8,10H,5-6,15H2,1-4H3. The van der Waals surface area contributed by atoms with Gasteiger partial charge in [-0.1, -0.05) is 6.92 Å². The number of anilines is 2. The molecule has 0 amide bonds. The van der Waals surface area contributed by atoms with Crippen LogP contribution in [0, 0.1) is 6.92 Å². The van der Waals surface area contributed by atoms with Gasteiger partial charge < -0.3 is 10.6 Å². The van der Waals surface area contributed by atoms with E-state index in [0.29, 0.717) is 6.04 Å². The summed E-state index contributed by atoms with van der Waals surface area (Å²) in [5.41, 5.74) is 9.11. The Morgan fingerprint density at radius 3 is 2.50 bits per heavy atom. The van der Waals surface area contributed by atoms with Crippen LogP contribution in [-0.4, -0.2) is 12.6 Å². The Morgan fingerprint density at radius 1 is 1.38 bits per heavy atom. The molecule has 1 aromatic rings. The third-order valence-corrected chi connectivity index (χ3v) is 3.74. The molecule has 0 saturated heterocycles. The van der Waals surface area contributed by atoms with E-state index >= 15 is 0 Å². The van der Waals surface area contributed by atoms with Gasteiger partial charge in [0.2, 0.25) is 0 Å². The van der Waals surface area contributed by atoms with E-state index in [1.807, 2.05) is 6.07 Å². The molecule has 16 heavy (non-hydrogen) atoms. The third kappa shape index (κ3) is 2.70. The van der Waals surface area contributed by atoms with Crippen LogP contribution >= 0.6 is 15.9 Å². The van der Waals surface area contributed by atoms with Crippen molar-refractivity contribution in [2.45, 2.75) is 40.2 Å². The summed E-state index contributed by atoms with van der Waals surface area (Å²) >= 11 is 3.60. The summed E-state index contributed by atoms with van der Waals surface area (Å²) in [5, 5.41) is 0. The maximum absolute atomic E-state index is 5.89. The second-order valence-corrected chi connectivity index (χ2v) is 5.06. The number of nitrogen functional groups attached to an aromatic ring is 1. The van der Waals surface area contributed by atoms with Crippen molar-refractivity contribution >= 4 is 27.3 Å². The molecule has 90 valence electrons. The van der Waals surface area contributed by atoms with E-state index < -0.39 is 0 Å². The van der Waals surface area contributed by atoms with Crippen molar-refractivity contribution in [3.8, 4) is 0 Å². The molecule has 1 rings (SSSR count). The smallest absolute Gasteiger partial charge is 0.0517 e. The molecule has 0 fully saturated rings. The van der Waals surface area contributed by atoms with Gasteiger partial charge >= 0.3 is 0 Å². The molecule has 0 aliphatic heterocycles. The van der Waals surface area contributed by atoms with E-state index in [4.69, 9.17) is 5.73 Å². The van der Waals surface area contributed by atoms with Gasteiger partial charge in [0.25, 0.3) is 0 Å². The summed E-state index contributed by atoms with van der Waals surface area (Å²) in [7, 11) is 0. The summed E-state index contributed by atoms with van der Waals surface area (Å²) in [4.78, 5) is 2.40. The first-order valence-electron chi connectivity index (χ1n) is 5.83. The lowest BCUT2D eigenvalue weighted by atomic mass is 10.1. The van der Waals surface area contributed by atoms with Crippen molar-refractivity contribution in [1.29, 1.82) is 0 Å². The molecule has 0 spiro atoms. The number of hydrogen-bond donors (Lipinski definition) is 1. The maximum Gasteiger partial charge on any atom is 0.0517 e. The quantitative estimate of drug-likeness (QED) is 0.848. The number of hydrogen-bond acceptors (Lipinski definition) is 2. The second-order valence-electron chi connectivity index (χ2n) is 4.20. The largest absolute Gasteiger partial charge is 0.398 e. The van der Waals surface area contributed by atoms with Crippen molar-refractivity contribution in [2.75, 3.05) is 17.2 Å². The van der Waals surface area contributed by atoms with E-state index in [1.165, 1.54) is 5.69 Å². The molecule has 1 atom stereocenters. The molecule has 1 aromatic carbocycles. The van der Waals surface area contributed by atoms with Gasteiger partial charge in [0.1, 0.15) is 0 Å².